The highest BCUT2D eigenvalue weighted by Gasteiger charge is 2.25. The zero-order valence-corrected chi connectivity index (χ0v) is 11.3. The van der Waals surface area contributed by atoms with Gasteiger partial charge in [0.2, 0.25) is 0 Å². The maximum absolute atomic E-state index is 12.8. The van der Waals surface area contributed by atoms with Crippen LogP contribution in [0.4, 0.5) is 15.0 Å². The van der Waals surface area contributed by atoms with Crippen LogP contribution in [0.2, 0.25) is 0 Å². The van der Waals surface area contributed by atoms with Gasteiger partial charge in [0, 0.05) is 13.1 Å². The SMILES string of the molecule is O=C(Nc1ccc(F)cn1)N1CCC[C@H](n2cncn2)C1. The molecule has 1 fully saturated rings. The molecular formula is C13H15FN6O. The lowest BCUT2D eigenvalue weighted by Gasteiger charge is -2.32. The van der Waals surface area contributed by atoms with E-state index in [4.69, 9.17) is 0 Å². The van der Waals surface area contributed by atoms with Gasteiger partial charge in [0.1, 0.15) is 24.3 Å². The Balaban J connectivity index is 1.63. The first-order chi connectivity index (χ1) is 10.2. The number of nitrogens with zero attached hydrogens (tertiary/aromatic N) is 5. The van der Waals surface area contributed by atoms with Gasteiger partial charge in [0.05, 0.1) is 12.2 Å². The lowest BCUT2D eigenvalue weighted by molar-refractivity contribution is 0.174. The van der Waals surface area contributed by atoms with Gasteiger partial charge in [0.25, 0.3) is 0 Å². The van der Waals surface area contributed by atoms with Crippen LogP contribution in [-0.4, -0.2) is 43.8 Å². The van der Waals surface area contributed by atoms with E-state index in [1.54, 1.807) is 15.9 Å². The molecule has 0 bridgehead atoms. The normalized spacial score (nSPS) is 18.5. The molecule has 2 amide bonds. The largest absolute Gasteiger partial charge is 0.323 e. The van der Waals surface area contributed by atoms with Crippen molar-refractivity contribution in [2.45, 2.75) is 18.9 Å². The quantitative estimate of drug-likeness (QED) is 0.913. The van der Waals surface area contributed by atoms with Crippen LogP contribution in [0.5, 0.6) is 0 Å². The number of nitrogens with one attached hydrogen (secondary N) is 1. The van der Waals surface area contributed by atoms with Crippen LogP contribution in [0.15, 0.2) is 31.0 Å². The van der Waals surface area contributed by atoms with E-state index in [1.807, 2.05) is 0 Å². The number of amides is 2. The van der Waals surface area contributed by atoms with E-state index < -0.39 is 5.82 Å². The third kappa shape index (κ3) is 3.15. The second kappa shape index (κ2) is 5.86. The van der Waals surface area contributed by atoms with Gasteiger partial charge in [0.15, 0.2) is 0 Å². The molecule has 1 aliphatic rings. The summed E-state index contributed by atoms with van der Waals surface area (Å²) in [5, 5.41) is 6.79. The Bertz CT molecular complexity index is 600. The predicted octanol–water partition coefficient (Wildman–Crippen LogP) is 1.68. The van der Waals surface area contributed by atoms with E-state index in [0.29, 0.717) is 18.9 Å². The summed E-state index contributed by atoms with van der Waals surface area (Å²) in [5.41, 5.74) is 0. The zero-order chi connectivity index (χ0) is 14.7. The molecule has 3 rings (SSSR count). The molecule has 0 aromatic carbocycles. The van der Waals surface area contributed by atoms with E-state index in [-0.39, 0.29) is 12.1 Å². The molecule has 0 unspecified atom stereocenters. The third-order valence-corrected chi connectivity index (χ3v) is 3.46. The molecule has 0 saturated carbocycles. The van der Waals surface area contributed by atoms with Gasteiger partial charge in [-0.05, 0) is 25.0 Å². The number of anilines is 1. The van der Waals surface area contributed by atoms with Gasteiger partial charge >= 0.3 is 6.03 Å². The van der Waals surface area contributed by atoms with Crippen LogP contribution in [0.1, 0.15) is 18.9 Å². The predicted molar refractivity (Wildman–Crippen MR) is 73.1 cm³/mol. The molecule has 0 radical (unpaired) electrons. The molecule has 21 heavy (non-hydrogen) atoms. The number of hydrogen-bond donors (Lipinski definition) is 1. The highest BCUT2D eigenvalue weighted by molar-refractivity contribution is 5.88. The van der Waals surface area contributed by atoms with Crippen molar-refractivity contribution in [3.63, 3.8) is 0 Å². The van der Waals surface area contributed by atoms with Crippen molar-refractivity contribution in [3.8, 4) is 0 Å². The van der Waals surface area contributed by atoms with E-state index in [9.17, 15) is 9.18 Å². The summed E-state index contributed by atoms with van der Waals surface area (Å²) < 4.78 is 14.6. The van der Waals surface area contributed by atoms with Crippen LogP contribution in [0.3, 0.4) is 0 Å². The third-order valence-electron chi connectivity index (χ3n) is 3.46. The van der Waals surface area contributed by atoms with Crippen molar-refractivity contribution >= 4 is 11.8 Å². The second-order valence-corrected chi connectivity index (χ2v) is 4.91. The summed E-state index contributed by atoms with van der Waals surface area (Å²) in [4.78, 5) is 21.7. The second-order valence-electron chi connectivity index (χ2n) is 4.91. The molecule has 1 atom stereocenters. The fourth-order valence-electron chi connectivity index (χ4n) is 2.40. The Kier molecular flexibility index (Phi) is 3.76. The minimum Gasteiger partial charge on any atom is -0.322 e. The molecular weight excluding hydrogens is 275 g/mol. The number of hydrogen-bond acceptors (Lipinski definition) is 4. The lowest BCUT2D eigenvalue weighted by Crippen LogP contribution is -2.43. The topological polar surface area (TPSA) is 75.9 Å². The fourth-order valence-corrected chi connectivity index (χ4v) is 2.40. The monoisotopic (exact) mass is 290 g/mol. The average molecular weight is 290 g/mol. The molecule has 1 aliphatic heterocycles. The van der Waals surface area contributed by atoms with E-state index in [2.05, 4.69) is 20.4 Å². The molecule has 8 heteroatoms. The number of carbonyl (C=O) groups is 1. The number of piperidine rings is 1. The number of pyridine rings is 1. The first kappa shape index (κ1) is 13.5. The van der Waals surface area contributed by atoms with E-state index >= 15 is 0 Å². The van der Waals surface area contributed by atoms with Crippen molar-refractivity contribution in [1.29, 1.82) is 0 Å². The Morgan fingerprint density at radius 2 is 2.33 bits per heavy atom. The van der Waals surface area contributed by atoms with Crippen molar-refractivity contribution in [3.05, 3.63) is 36.8 Å². The lowest BCUT2D eigenvalue weighted by atomic mass is 10.1. The summed E-state index contributed by atoms with van der Waals surface area (Å²) in [6.07, 6.45) is 6.08. The number of halogens is 1. The molecule has 1 saturated heterocycles. The summed E-state index contributed by atoms with van der Waals surface area (Å²) in [6, 6.07) is 2.59. The molecule has 110 valence electrons. The van der Waals surface area contributed by atoms with Crippen LogP contribution in [0.25, 0.3) is 0 Å². The van der Waals surface area contributed by atoms with Crippen molar-refractivity contribution in [2.75, 3.05) is 18.4 Å². The van der Waals surface area contributed by atoms with Crippen molar-refractivity contribution < 1.29 is 9.18 Å². The van der Waals surface area contributed by atoms with Gasteiger partial charge in [-0.1, -0.05) is 0 Å². The minimum atomic E-state index is -0.433. The van der Waals surface area contributed by atoms with Crippen LogP contribution >= 0.6 is 0 Å². The Morgan fingerprint density at radius 1 is 1.43 bits per heavy atom. The van der Waals surface area contributed by atoms with E-state index in [1.165, 1.54) is 18.5 Å². The van der Waals surface area contributed by atoms with Gasteiger partial charge in [-0.25, -0.2) is 23.8 Å². The zero-order valence-electron chi connectivity index (χ0n) is 11.3. The minimum absolute atomic E-state index is 0.133. The summed E-state index contributed by atoms with van der Waals surface area (Å²) >= 11 is 0. The average Bonchev–Trinajstić information content (AvgIpc) is 3.04. The Morgan fingerprint density at radius 3 is 3.05 bits per heavy atom. The highest BCUT2D eigenvalue weighted by Crippen LogP contribution is 2.20. The number of aromatic nitrogens is 4. The standard InChI is InChI=1S/C13H15FN6O/c14-10-3-4-12(16-6-10)18-13(21)19-5-1-2-11(7-19)20-9-15-8-17-20/h3-4,6,8-9,11H,1-2,5,7H2,(H,16,18,21)/t11-/m0/s1. The van der Waals surface area contributed by atoms with Gasteiger partial charge in [-0.3, -0.25) is 5.32 Å². The summed E-state index contributed by atoms with van der Waals surface area (Å²) in [7, 11) is 0. The van der Waals surface area contributed by atoms with Gasteiger partial charge < -0.3 is 4.90 Å². The van der Waals surface area contributed by atoms with Crippen LogP contribution < -0.4 is 5.32 Å². The van der Waals surface area contributed by atoms with E-state index in [0.717, 1.165) is 19.0 Å². The first-order valence-electron chi connectivity index (χ1n) is 6.74. The summed E-state index contributed by atoms with van der Waals surface area (Å²) in [5.74, 6) is -0.0958. The van der Waals surface area contributed by atoms with Gasteiger partial charge in [-0.15, -0.1) is 0 Å². The van der Waals surface area contributed by atoms with Crippen LogP contribution in [-0.2, 0) is 0 Å². The first-order valence-corrected chi connectivity index (χ1v) is 6.74. The molecule has 7 nitrogen and oxygen atoms in total. The molecule has 0 aliphatic carbocycles. The van der Waals surface area contributed by atoms with Crippen molar-refractivity contribution in [2.24, 2.45) is 0 Å². The molecule has 1 N–H and O–H groups in total. The number of carbonyl (C=O) groups excluding carboxylic acids is 1. The smallest absolute Gasteiger partial charge is 0.322 e. The van der Waals surface area contributed by atoms with Gasteiger partial charge in [-0.2, -0.15) is 5.10 Å². The number of rotatable bonds is 2. The number of urea groups is 1. The maximum atomic E-state index is 12.8. The Hall–Kier alpha value is -2.51. The van der Waals surface area contributed by atoms with Crippen LogP contribution in [0, 0.1) is 5.82 Å². The molecule has 2 aromatic rings. The Labute approximate surface area is 120 Å². The highest BCUT2D eigenvalue weighted by atomic mass is 19.1. The molecule has 0 spiro atoms. The molecule has 3 heterocycles. The summed E-state index contributed by atoms with van der Waals surface area (Å²) in [6.45, 7) is 1.24. The number of likely N-dealkylation sites (tertiary alicyclic amines) is 1. The van der Waals surface area contributed by atoms with Crippen molar-refractivity contribution in [1.82, 2.24) is 24.6 Å². The molecule has 2 aromatic heterocycles. The maximum Gasteiger partial charge on any atom is 0.323 e. The fraction of sp³-hybridized carbons (Fsp3) is 0.385.